The summed E-state index contributed by atoms with van der Waals surface area (Å²) in [6.07, 6.45) is 0. The summed E-state index contributed by atoms with van der Waals surface area (Å²) >= 11 is 0. The molecule has 1 aromatic carbocycles. The molecular formula is C11H13NO. The maximum Gasteiger partial charge on any atom is 0.208 e. The third kappa shape index (κ3) is 3.11. The molecule has 0 aliphatic rings. The van der Waals surface area contributed by atoms with E-state index in [-0.39, 0.29) is 5.90 Å². The van der Waals surface area contributed by atoms with Crippen molar-refractivity contribution in [3.8, 4) is 0 Å². The predicted molar refractivity (Wildman–Crippen MR) is 53.8 cm³/mol. The van der Waals surface area contributed by atoms with E-state index >= 15 is 0 Å². The van der Waals surface area contributed by atoms with Crippen molar-refractivity contribution >= 4 is 5.90 Å². The summed E-state index contributed by atoms with van der Waals surface area (Å²) in [5.74, 6) is 0.156. The second kappa shape index (κ2) is 4.45. The normalized spacial score (nSPS) is 9.31. The van der Waals surface area contributed by atoms with Gasteiger partial charge in [-0.3, -0.25) is 5.41 Å². The van der Waals surface area contributed by atoms with Gasteiger partial charge >= 0.3 is 0 Å². The van der Waals surface area contributed by atoms with Crippen LogP contribution in [0.2, 0.25) is 0 Å². The van der Waals surface area contributed by atoms with E-state index in [1.54, 1.807) is 6.92 Å². The standard InChI is InChI=1S/C11H13NO/c1-9(2)11(12)13-8-10-6-4-3-5-7-10/h3-7,12H,1,8H2,2H3. The molecule has 68 valence electrons. The van der Waals surface area contributed by atoms with E-state index in [0.29, 0.717) is 12.2 Å². The van der Waals surface area contributed by atoms with Gasteiger partial charge in [-0.15, -0.1) is 0 Å². The number of ether oxygens (including phenoxy) is 1. The fraction of sp³-hybridized carbons (Fsp3) is 0.182. The predicted octanol–water partition coefficient (Wildman–Crippen LogP) is 2.76. The van der Waals surface area contributed by atoms with Gasteiger partial charge in [-0.1, -0.05) is 36.9 Å². The highest BCUT2D eigenvalue weighted by Gasteiger charge is 1.97. The Hall–Kier alpha value is -1.57. The Kier molecular flexibility index (Phi) is 3.26. The van der Waals surface area contributed by atoms with Gasteiger partial charge in [-0.2, -0.15) is 0 Å². The molecule has 0 heterocycles. The smallest absolute Gasteiger partial charge is 0.208 e. The lowest BCUT2D eigenvalue weighted by molar-refractivity contribution is 0.290. The first-order chi connectivity index (χ1) is 6.20. The number of hydrogen-bond donors (Lipinski definition) is 1. The van der Waals surface area contributed by atoms with Gasteiger partial charge < -0.3 is 4.74 Å². The number of benzene rings is 1. The van der Waals surface area contributed by atoms with Crippen molar-refractivity contribution in [1.82, 2.24) is 0 Å². The molecule has 0 atom stereocenters. The maximum atomic E-state index is 7.37. The van der Waals surface area contributed by atoms with Crippen LogP contribution in [0.1, 0.15) is 12.5 Å². The molecule has 1 aromatic rings. The molecule has 0 radical (unpaired) electrons. The summed E-state index contributed by atoms with van der Waals surface area (Å²) in [7, 11) is 0. The van der Waals surface area contributed by atoms with Gasteiger partial charge in [0.15, 0.2) is 0 Å². The monoisotopic (exact) mass is 175 g/mol. The highest BCUT2D eigenvalue weighted by Crippen LogP contribution is 2.02. The van der Waals surface area contributed by atoms with E-state index in [1.165, 1.54) is 0 Å². The Morgan fingerprint density at radius 2 is 2.00 bits per heavy atom. The molecule has 0 amide bonds. The van der Waals surface area contributed by atoms with Crippen molar-refractivity contribution < 1.29 is 4.74 Å². The summed E-state index contributed by atoms with van der Waals surface area (Å²) in [6, 6.07) is 9.77. The van der Waals surface area contributed by atoms with Crippen molar-refractivity contribution in [3.63, 3.8) is 0 Å². The zero-order valence-electron chi connectivity index (χ0n) is 7.71. The van der Waals surface area contributed by atoms with Crippen LogP contribution in [0.15, 0.2) is 42.5 Å². The summed E-state index contributed by atoms with van der Waals surface area (Å²) in [4.78, 5) is 0. The van der Waals surface area contributed by atoms with Crippen LogP contribution in [0.25, 0.3) is 0 Å². The van der Waals surface area contributed by atoms with Crippen LogP contribution in [0, 0.1) is 5.41 Å². The number of rotatable bonds is 3. The fourth-order valence-corrected chi connectivity index (χ4v) is 0.853. The fourth-order valence-electron chi connectivity index (χ4n) is 0.853. The molecule has 1 rings (SSSR count). The molecule has 2 nitrogen and oxygen atoms in total. The SMILES string of the molecule is C=C(C)C(=N)OCc1ccccc1. The quantitative estimate of drug-likeness (QED) is 0.556. The molecule has 0 aliphatic heterocycles. The van der Waals surface area contributed by atoms with E-state index in [9.17, 15) is 0 Å². The van der Waals surface area contributed by atoms with Crippen LogP contribution in [0.3, 0.4) is 0 Å². The minimum atomic E-state index is 0.156. The molecule has 0 spiro atoms. The van der Waals surface area contributed by atoms with Gasteiger partial charge in [0.25, 0.3) is 0 Å². The van der Waals surface area contributed by atoms with E-state index in [1.807, 2.05) is 30.3 Å². The minimum absolute atomic E-state index is 0.156. The van der Waals surface area contributed by atoms with Gasteiger partial charge in [0, 0.05) is 5.57 Å². The van der Waals surface area contributed by atoms with Crippen molar-refractivity contribution in [2.75, 3.05) is 0 Å². The van der Waals surface area contributed by atoms with E-state index in [0.717, 1.165) is 5.56 Å². The molecule has 2 heteroatoms. The van der Waals surface area contributed by atoms with E-state index in [2.05, 4.69) is 6.58 Å². The molecule has 13 heavy (non-hydrogen) atoms. The zero-order chi connectivity index (χ0) is 9.68. The Bertz CT molecular complexity index is 303. The van der Waals surface area contributed by atoms with Crippen LogP contribution in [0.5, 0.6) is 0 Å². The van der Waals surface area contributed by atoms with Crippen LogP contribution in [0.4, 0.5) is 0 Å². The van der Waals surface area contributed by atoms with Gasteiger partial charge in [-0.25, -0.2) is 0 Å². The Balaban J connectivity index is 2.44. The van der Waals surface area contributed by atoms with Crippen LogP contribution >= 0.6 is 0 Å². The zero-order valence-corrected chi connectivity index (χ0v) is 7.71. The highest BCUT2D eigenvalue weighted by atomic mass is 16.5. The molecule has 0 aliphatic carbocycles. The summed E-state index contributed by atoms with van der Waals surface area (Å²) < 4.78 is 5.17. The van der Waals surface area contributed by atoms with Crippen LogP contribution in [-0.2, 0) is 11.3 Å². The number of nitrogens with one attached hydrogen (secondary N) is 1. The average molecular weight is 175 g/mol. The lowest BCUT2D eigenvalue weighted by Gasteiger charge is -2.06. The van der Waals surface area contributed by atoms with Gasteiger partial charge in [0.1, 0.15) is 6.61 Å². The van der Waals surface area contributed by atoms with Crippen LogP contribution < -0.4 is 0 Å². The summed E-state index contributed by atoms with van der Waals surface area (Å²) in [6.45, 7) is 5.81. The van der Waals surface area contributed by atoms with Crippen molar-refractivity contribution in [2.24, 2.45) is 0 Å². The largest absolute Gasteiger partial charge is 0.473 e. The summed E-state index contributed by atoms with van der Waals surface area (Å²) in [5.41, 5.74) is 1.71. The lowest BCUT2D eigenvalue weighted by Crippen LogP contribution is -2.03. The molecular weight excluding hydrogens is 162 g/mol. The van der Waals surface area contributed by atoms with E-state index in [4.69, 9.17) is 10.1 Å². The Morgan fingerprint density at radius 1 is 1.38 bits per heavy atom. The molecule has 0 bridgehead atoms. The second-order valence-corrected chi connectivity index (χ2v) is 2.88. The molecule has 0 saturated carbocycles. The highest BCUT2D eigenvalue weighted by molar-refractivity contribution is 5.89. The van der Waals surface area contributed by atoms with Crippen LogP contribution in [-0.4, -0.2) is 5.90 Å². The van der Waals surface area contributed by atoms with Crippen molar-refractivity contribution in [1.29, 1.82) is 5.41 Å². The topological polar surface area (TPSA) is 33.1 Å². The molecule has 0 aromatic heterocycles. The first-order valence-electron chi connectivity index (χ1n) is 4.11. The molecule has 0 saturated heterocycles. The Morgan fingerprint density at radius 3 is 2.54 bits per heavy atom. The third-order valence-corrected chi connectivity index (χ3v) is 1.61. The molecule has 1 N–H and O–H groups in total. The van der Waals surface area contributed by atoms with Crippen molar-refractivity contribution in [2.45, 2.75) is 13.5 Å². The molecule has 0 fully saturated rings. The minimum Gasteiger partial charge on any atom is -0.473 e. The third-order valence-electron chi connectivity index (χ3n) is 1.61. The average Bonchev–Trinajstić information content (AvgIpc) is 2.15. The lowest BCUT2D eigenvalue weighted by atomic mass is 10.2. The van der Waals surface area contributed by atoms with Gasteiger partial charge in [0.2, 0.25) is 5.90 Å². The first kappa shape index (κ1) is 9.52. The van der Waals surface area contributed by atoms with E-state index < -0.39 is 0 Å². The van der Waals surface area contributed by atoms with Crippen molar-refractivity contribution in [3.05, 3.63) is 48.0 Å². The van der Waals surface area contributed by atoms with Gasteiger partial charge in [-0.05, 0) is 12.5 Å². The second-order valence-electron chi connectivity index (χ2n) is 2.88. The summed E-state index contributed by atoms with van der Waals surface area (Å²) in [5, 5.41) is 7.37. The maximum absolute atomic E-state index is 7.37. The Labute approximate surface area is 78.4 Å². The van der Waals surface area contributed by atoms with Gasteiger partial charge in [0.05, 0.1) is 0 Å². The first-order valence-corrected chi connectivity index (χ1v) is 4.11. The molecule has 0 unspecified atom stereocenters. The number of hydrogen-bond acceptors (Lipinski definition) is 2.